The van der Waals surface area contributed by atoms with Crippen molar-refractivity contribution in [2.24, 2.45) is 20.4 Å². The van der Waals surface area contributed by atoms with Gasteiger partial charge in [0.2, 0.25) is 0 Å². The molecule has 0 fully saturated rings. The molecule has 0 bridgehead atoms. The van der Waals surface area contributed by atoms with Crippen molar-refractivity contribution in [1.82, 2.24) is 9.80 Å². The molecule has 2 rings (SSSR count). The SMILES string of the molecule is CC(=O)/C=C(/C)[O-].CC(=O)/C=C(/C)[O-].CCO.CCO.COc1cccc(/C=N/N=C(\[O-])CN(C)C)c1[O-].COc1cccc(/C=N/N=C(\[O-])CN(C)C)c1[O-].[Er+3].[Er+3].[OH3+].[OH3+]. The van der Waals surface area contributed by atoms with Gasteiger partial charge in [-0.2, -0.15) is 20.4 Å². The van der Waals surface area contributed by atoms with E-state index in [1.807, 2.05) is 0 Å². The van der Waals surface area contributed by atoms with Gasteiger partial charge in [0.05, 0.1) is 26.6 Å². The first-order valence-electron chi connectivity index (χ1n) is 16.6. The average molecular weight is 1160 g/mol. The van der Waals surface area contributed by atoms with E-state index in [-0.39, 0.29) is 170 Å². The Morgan fingerprint density at radius 3 is 1.08 bits per heavy atom. The quantitative estimate of drug-likeness (QED) is 0.0525. The molecule has 2 radical (unpaired) electrons. The molecule has 22 heteroatoms. The molecular weight excluding hydrogens is 1100 g/mol. The molecule has 0 aliphatic rings. The van der Waals surface area contributed by atoms with Crippen LogP contribution < -0.4 is 40.1 Å². The molecule has 2 aromatic rings. The van der Waals surface area contributed by atoms with Crippen LogP contribution in [0.4, 0.5) is 0 Å². The molecule has 20 nitrogen and oxygen atoms in total. The summed E-state index contributed by atoms with van der Waals surface area (Å²) in [5.41, 5.74) is 0.659. The Bertz CT molecular complexity index is 1460. The molecule has 350 valence electrons. The van der Waals surface area contributed by atoms with Gasteiger partial charge in [-0.05, 0) is 91.3 Å². The van der Waals surface area contributed by atoms with E-state index >= 15 is 0 Å². The Morgan fingerprint density at radius 2 is 0.900 bits per heavy atom. The number of benzene rings is 2. The van der Waals surface area contributed by atoms with Crippen molar-refractivity contribution >= 4 is 35.8 Å². The van der Waals surface area contributed by atoms with Crippen LogP contribution in [0.2, 0.25) is 0 Å². The average Bonchev–Trinajstić information content (AvgIpc) is 3.06. The predicted molar refractivity (Wildman–Crippen MR) is 216 cm³/mol. The van der Waals surface area contributed by atoms with E-state index in [0.717, 1.165) is 12.2 Å². The second-order valence-corrected chi connectivity index (χ2v) is 11.1. The van der Waals surface area contributed by atoms with E-state index in [4.69, 9.17) is 19.7 Å². The zero-order valence-electron chi connectivity index (χ0n) is 36.0. The summed E-state index contributed by atoms with van der Waals surface area (Å²) in [6.07, 6.45) is 4.61. The van der Waals surface area contributed by atoms with Crippen molar-refractivity contribution < 1.29 is 145 Å². The van der Waals surface area contributed by atoms with Gasteiger partial charge >= 0.3 is 74.6 Å². The van der Waals surface area contributed by atoms with Gasteiger partial charge in [-0.25, -0.2) is 0 Å². The first-order chi connectivity index (χ1) is 26.2. The van der Waals surface area contributed by atoms with Gasteiger partial charge in [-0.3, -0.25) is 9.59 Å². The molecular formula is C38H62Er2N6O14+2. The fourth-order valence-corrected chi connectivity index (χ4v) is 3.08. The third-order valence-electron chi connectivity index (χ3n) is 4.91. The van der Waals surface area contributed by atoms with E-state index in [1.165, 1.54) is 54.3 Å². The monoisotopic (exact) mass is 1160 g/mol. The zero-order valence-corrected chi connectivity index (χ0v) is 39.7. The number of methoxy groups -OCH3 is 2. The summed E-state index contributed by atoms with van der Waals surface area (Å²) in [5.74, 6) is -1.58. The van der Waals surface area contributed by atoms with Crippen LogP contribution in [0.3, 0.4) is 0 Å². The predicted octanol–water partition coefficient (Wildman–Crippen LogP) is -3.32. The van der Waals surface area contributed by atoms with Crippen LogP contribution in [0, 0.1) is 74.6 Å². The molecule has 0 aliphatic carbocycles. The number of ether oxygens (including phenoxy) is 2. The molecule has 0 saturated carbocycles. The Labute approximate surface area is 412 Å². The van der Waals surface area contributed by atoms with Crippen molar-refractivity contribution in [3.63, 3.8) is 0 Å². The summed E-state index contributed by atoms with van der Waals surface area (Å²) in [5, 5.41) is 95.1. The van der Waals surface area contributed by atoms with Crippen LogP contribution in [0.15, 0.2) is 80.5 Å². The van der Waals surface area contributed by atoms with Crippen LogP contribution in [0.25, 0.3) is 0 Å². The smallest absolute Gasteiger partial charge is 0.876 e. The van der Waals surface area contributed by atoms with Gasteiger partial charge in [0.1, 0.15) is 11.5 Å². The number of allylic oxidation sites excluding steroid dienone is 4. The van der Waals surface area contributed by atoms with Crippen molar-refractivity contribution in [3.05, 3.63) is 71.2 Å². The van der Waals surface area contributed by atoms with Crippen LogP contribution in [-0.4, -0.2) is 125 Å². The minimum absolute atomic E-state index is 0. The third kappa shape index (κ3) is 49.0. The number of hydrogen-bond donors (Lipinski definition) is 2. The number of nitrogens with zero attached hydrogens (tertiary/aromatic N) is 6. The van der Waals surface area contributed by atoms with Gasteiger partial charge in [-0.1, -0.05) is 49.6 Å². The van der Waals surface area contributed by atoms with Crippen LogP contribution in [-0.2, 0) is 20.5 Å². The van der Waals surface area contributed by atoms with Gasteiger partial charge in [0.15, 0.2) is 11.6 Å². The van der Waals surface area contributed by atoms with Crippen LogP contribution in [0.5, 0.6) is 23.0 Å². The molecule has 2 aromatic carbocycles. The van der Waals surface area contributed by atoms with Gasteiger partial charge in [0.25, 0.3) is 0 Å². The molecule has 0 aromatic heterocycles. The molecule has 0 aliphatic heterocycles. The summed E-state index contributed by atoms with van der Waals surface area (Å²) < 4.78 is 9.77. The maximum absolute atomic E-state index is 11.7. The van der Waals surface area contributed by atoms with Crippen LogP contribution >= 0.6 is 0 Å². The molecule has 0 amide bonds. The van der Waals surface area contributed by atoms with E-state index in [0.29, 0.717) is 11.1 Å². The summed E-state index contributed by atoms with van der Waals surface area (Å²) in [4.78, 5) is 23.3. The van der Waals surface area contributed by atoms with E-state index < -0.39 is 0 Å². The standard InChI is InChI=1S/2C12H17N3O3.2C5H8O2.2C2H6O.2Er.2H2O/c2*1-15(2)8-11(16)14-13-7-9-5-4-6-10(18-3)12(9)17;2*1-4(6)3-5(2)7;2*1-2-3;;;;/h2*4-7,17H,8H2,1-3H3,(H,14,16);2*3,6H,1-2H3;2*3H,2H2,1H3;;;2*1H2/q;;;;;;2*+3;;/p-4/b2*13-7+;2*4-3-;;;;;;. The largest absolute Gasteiger partial charge is 3.00 e. The number of aliphatic hydroxyl groups is 2. The fraction of sp³-hybridized carbons (Fsp3) is 0.421. The summed E-state index contributed by atoms with van der Waals surface area (Å²) >= 11 is 0. The van der Waals surface area contributed by atoms with Crippen molar-refractivity contribution in [1.29, 1.82) is 0 Å². The second-order valence-electron chi connectivity index (χ2n) is 11.1. The van der Waals surface area contributed by atoms with Crippen molar-refractivity contribution in [2.45, 2.75) is 41.5 Å². The number of likely N-dealkylation sites (N-methyl/N-ethyl adjacent to an activating group) is 2. The number of ketones is 2. The van der Waals surface area contributed by atoms with Gasteiger partial charge < -0.3 is 71.1 Å². The van der Waals surface area contributed by atoms with E-state index in [9.17, 15) is 40.2 Å². The van der Waals surface area contributed by atoms with Gasteiger partial charge in [-0.15, -0.1) is 11.5 Å². The Kier molecular flexibility index (Phi) is 59.6. The molecule has 0 atom stereocenters. The third-order valence-corrected chi connectivity index (χ3v) is 4.91. The fourth-order valence-electron chi connectivity index (χ4n) is 3.08. The van der Waals surface area contributed by atoms with E-state index in [2.05, 4.69) is 20.4 Å². The summed E-state index contributed by atoms with van der Waals surface area (Å²) in [6.45, 7) is 9.62. The first-order valence-corrected chi connectivity index (χ1v) is 16.6. The van der Waals surface area contributed by atoms with E-state index in [1.54, 1.807) is 88.2 Å². The van der Waals surface area contributed by atoms with Crippen molar-refractivity contribution in [2.75, 3.05) is 68.7 Å². The maximum Gasteiger partial charge on any atom is 3.00 e. The minimum atomic E-state index is -0.369. The Balaban J connectivity index is -0.0000001000. The minimum Gasteiger partial charge on any atom is -0.876 e. The molecule has 60 heavy (non-hydrogen) atoms. The Morgan fingerprint density at radius 1 is 0.633 bits per heavy atom. The number of hydrogen-bond acceptors (Lipinski definition) is 18. The molecule has 8 N–H and O–H groups in total. The number of aliphatic hydroxyl groups excluding tert-OH is 2. The number of rotatable bonds is 12. The molecule has 0 heterocycles. The first kappa shape index (κ1) is 74.1. The summed E-state index contributed by atoms with van der Waals surface area (Å²) in [7, 11) is 9.87. The topological polar surface area (TPSA) is 353 Å². The maximum atomic E-state index is 11.7. The normalized spacial score (nSPS) is 10.7. The molecule has 0 spiro atoms. The Hall–Kier alpha value is -3.41. The number of carbonyl (C=O) groups is 2. The van der Waals surface area contributed by atoms with Crippen molar-refractivity contribution in [3.8, 4) is 23.0 Å². The molecule has 0 saturated heterocycles. The second kappa shape index (κ2) is 48.3. The number of carbonyl (C=O) groups excluding carboxylic acids is 2. The zero-order chi connectivity index (χ0) is 44.2. The number of para-hydroxylation sites is 2. The summed E-state index contributed by atoms with van der Waals surface area (Å²) in [6, 6.07) is 9.63. The van der Waals surface area contributed by atoms with Gasteiger partial charge in [0, 0.05) is 38.1 Å². The molecule has 0 unspecified atom stereocenters. The van der Waals surface area contributed by atoms with Crippen LogP contribution in [0.1, 0.15) is 52.7 Å².